The van der Waals surface area contributed by atoms with Crippen LogP contribution >= 0.6 is 0 Å². The van der Waals surface area contributed by atoms with Crippen molar-refractivity contribution in [3.05, 3.63) is 161 Å². The normalized spacial score (nSPS) is 13.8. The van der Waals surface area contributed by atoms with Crippen LogP contribution in [-0.4, -0.2) is 104 Å². The lowest BCUT2D eigenvalue weighted by Gasteiger charge is -2.28. The molecule has 470 valence electrons. The number of hydrogen-bond acceptors (Lipinski definition) is 16. The van der Waals surface area contributed by atoms with Crippen LogP contribution in [0.5, 0.6) is 0 Å². The average molecular weight is 1200 g/mol. The third-order valence-corrected chi connectivity index (χ3v) is 13.1. The minimum absolute atomic E-state index is 0. The Balaban J connectivity index is 0.000000266. The maximum absolute atomic E-state index is 11.3. The Labute approximate surface area is 512 Å². The molecule has 0 bridgehead atoms. The summed E-state index contributed by atoms with van der Waals surface area (Å²) in [5, 5.41) is 11.1. The second-order valence-corrected chi connectivity index (χ2v) is 22.3. The molecular weight excluding hydrogens is 1100 g/mol. The van der Waals surface area contributed by atoms with E-state index < -0.39 is 0 Å². The number of rotatable bonds is 7. The molecule has 4 amide bonds. The van der Waals surface area contributed by atoms with Gasteiger partial charge in [0.25, 0.3) is 0 Å². The number of aliphatic imine (C=N–C) groups is 2. The molecule has 0 saturated carbocycles. The number of imidazole rings is 3. The molecule has 6 N–H and O–H groups in total. The number of amides is 4. The van der Waals surface area contributed by atoms with Gasteiger partial charge in [-0.3, -0.25) is 18.9 Å². The van der Waals surface area contributed by atoms with E-state index in [9.17, 15) is 19.2 Å². The number of hydrogen-bond donors (Lipinski definition) is 5. The molecule has 0 saturated heterocycles. The van der Waals surface area contributed by atoms with Crippen LogP contribution in [0, 0.1) is 27.7 Å². The Kier molecular flexibility index (Phi) is 26.5. The van der Waals surface area contributed by atoms with Crippen LogP contribution < -0.4 is 38.4 Å². The lowest BCUT2D eigenvalue weighted by atomic mass is 10.2. The van der Waals surface area contributed by atoms with E-state index in [0.29, 0.717) is 41.2 Å². The van der Waals surface area contributed by atoms with Gasteiger partial charge in [-0.2, -0.15) is 15.0 Å². The monoisotopic (exact) mass is 1200 g/mol. The van der Waals surface area contributed by atoms with Crippen molar-refractivity contribution in [3.8, 4) is 0 Å². The predicted octanol–water partition coefficient (Wildman–Crippen LogP) is 10.9. The van der Waals surface area contributed by atoms with Crippen molar-refractivity contribution in [3.63, 3.8) is 0 Å². The first-order chi connectivity index (χ1) is 40.2. The Bertz CT molecular complexity index is 3650. The van der Waals surface area contributed by atoms with Gasteiger partial charge >= 0.3 is 23.4 Å². The van der Waals surface area contributed by atoms with Gasteiger partial charge < -0.3 is 40.7 Å². The van der Waals surface area contributed by atoms with Gasteiger partial charge in [-0.25, -0.2) is 49.1 Å². The zero-order valence-corrected chi connectivity index (χ0v) is 53.6. The SMILES string of the molecule is C.C=C1C=CN(C(C)C)C(=O)N1.C=C1NC(=O)N(C(C)C)C=C1C.C=C1NC(N)=Nc2c1ncn2C(C)C.C=C1NC=Nc2c1ncn2C(C)C.Cc1ccn(C(C)C)c(=O)n1.Cc1cn(C(C)C)c(=O)nc1C.Cc1ncnc2c1ncn2C(C)C. The minimum Gasteiger partial charge on any atom is -0.369 e. The lowest BCUT2D eigenvalue weighted by molar-refractivity contribution is 0.205. The molecule has 6 aromatic rings. The molecule has 0 aromatic carbocycles. The van der Waals surface area contributed by atoms with Crippen LogP contribution in [0.1, 0.15) is 176 Å². The number of urea groups is 2. The number of aromatic nitrogens is 12. The summed E-state index contributed by atoms with van der Waals surface area (Å²) in [6.07, 6.45) is 17.6. The van der Waals surface area contributed by atoms with E-state index in [1.54, 1.807) is 62.7 Å². The number of aryl methyl sites for hydroxylation is 4. The van der Waals surface area contributed by atoms with Gasteiger partial charge in [0.1, 0.15) is 23.2 Å². The molecule has 4 aliphatic heterocycles. The fraction of sp³-hybridized carbons (Fsp3) is 0.435. The maximum Gasteiger partial charge on any atom is 0.348 e. The highest BCUT2D eigenvalue weighted by Gasteiger charge is 2.22. The number of allylic oxidation sites excluding steroid dienone is 2. The molecule has 25 heteroatoms. The molecule has 25 nitrogen and oxygen atoms in total. The van der Waals surface area contributed by atoms with Crippen molar-refractivity contribution >= 4 is 58.6 Å². The quantitative estimate of drug-likeness (QED) is 0.0994. The number of carbonyl (C=O) groups is 2. The summed E-state index contributed by atoms with van der Waals surface area (Å²) in [5.74, 6) is 2.03. The van der Waals surface area contributed by atoms with Gasteiger partial charge in [0.05, 0.1) is 42.4 Å². The predicted molar refractivity (Wildman–Crippen MR) is 350 cm³/mol. The first kappa shape index (κ1) is 71.7. The molecule has 6 aromatic heterocycles. The van der Waals surface area contributed by atoms with E-state index in [0.717, 1.165) is 68.1 Å². The highest BCUT2D eigenvalue weighted by atomic mass is 16.2. The summed E-state index contributed by atoms with van der Waals surface area (Å²) in [5.41, 5.74) is 16.1. The van der Waals surface area contributed by atoms with Crippen molar-refractivity contribution in [1.82, 2.24) is 88.8 Å². The van der Waals surface area contributed by atoms with E-state index in [-0.39, 0.29) is 55.0 Å². The standard InChI is InChI=1S/C9H13N5.2C9H12N4.2C9H14N2O.2C8H12N2O.CH4/c1-5(2)14-4-11-7-6(3)12-9(10)13-8(7)14;2*1-6(2)13-5-12-8-7(3)10-4-11-9(8)13;2*1-6(2)11-5-7(3)8(4)10-9(11)12;2*1-6(2)10-5-4-7(3)9-8(10)11;/h4-5H,3H2,1-2H3,(H3,10,12,13);4-6H,1-3H3;4-6H,3H2,1-2H3,(H,10,11);5-6H,1-4H3;5-6H,4H2,1-3H3,(H,10,12);4-6H,1-3H3;4-6H,3H2,1-2H3,(H,9,11);1H4. The van der Waals surface area contributed by atoms with Gasteiger partial charge in [0.15, 0.2) is 23.2 Å². The third kappa shape index (κ3) is 19.5. The van der Waals surface area contributed by atoms with Crippen LogP contribution in [0.15, 0.2) is 125 Å². The van der Waals surface area contributed by atoms with Crippen molar-refractivity contribution in [2.24, 2.45) is 15.7 Å². The summed E-state index contributed by atoms with van der Waals surface area (Å²) in [6, 6.07) is 3.47. The second-order valence-electron chi connectivity index (χ2n) is 22.3. The summed E-state index contributed by atoms with van der Waals surface area (Å²) in [4.78, 5) is 85.3. The van der Waals surface area contributed by atoms with Gasteiger partial charge in [-0.15, -0.1) is 0 Å². The highest BCUT2D eigenvalue weighted by molar-refractivity contribution is 5.94. The number of nitrogens with one attached hydrogen (secondary N) is 4. The summed E-state index contributed by atoms with van der Waals surface area (Å²) >= 11 is 0. The van der Waals surface area contributed by atoms with E-state index in [4.69, 9.17) is 5.73 Å². The number of carbonyl (C=O) groups excluding carboxylic acids is 2. The van der Waals surface area contributed by atoms with Crippen molar-refractivity contribution in [2.75, 3.05) is 0 Å². The second kappa shape index (κ2) is 32.1. The summed E-state index contributed by atoms with van der Waals surface area (Å²) in [6.45, 7) is 52.8. The molecule has 0 unspecified atom stereocenters. The fourth-order valence-electron chi connectivity index (χ4n) is 7.89. The Hall–Kier alpha value is -9.55. The van der Waals surface area contributed by atoms with Gasteiger partial charge in [0, 0.05) is 89.9 Å². The summed E-state index contributed by atoms with van der Waals surface area (Å²) < 4.78 is 9.28. The van der Waals surface area contributed by atoms with E-state index >= 15 is 0 Å². The molecule has 0 spiro atoms. The van der Waals surface area contributed by atoms with Gasteiger partial charge in [-0.1, -0.05) is 33.7 Å². The van der Waals surface area contributed by atoms with Crippen LogP contribution in [-0.2, 0) is 0 Å². The van der Waals surface area contributed by atoms with Crippen LogP contribution in [0.4, 0.5) is 21.2 Å². The molecule has 0 atom stereocenters. The van der Waals surface area contributed by atoms with E-state index in [2.05, 4.69) is 134 Å². The van der Waals surface area contributed by atoms with Gasteiger partial charge in [0.2, 0.25) is 0 Å². The highest BCUT2D eigenvalue weighted by Crippen LogP contribution is 2.29. The molecule has 0 radical (unpaired) electrons. The molecule has 0 fully saturated rings. The number of fused-ring (bicyclic) bond motifs is 3. The van der Waals surface area contributed by atoms with E-state index in [1.807, 2.05) is 129 Å². The first-order valence-corrected chi connectivity index (χ1v) is 28.4. The van der Waals surface area contributed by atoms with Crippen LogP contribution in [0.2, 0.25) is 0 Å². The molecule has 0 aliphatic carbocycles. The molecule has 87 heavy (non-hydrogen) atoms. The maximum atomic E-state index is 11.3. The Morgan fingerprint density at radius 1 is 0.540 bits per heavy atom. The number of nitrogens with two attached hydrogens (primary N) is 1. The first-order valence-electron chi connectivity index (χ1n) is 28.4. The Morgan fingerprint density at radius 3 is 1.61 bits per heavy atom. The van der Waals surface area contributed by atoms with Crippen molar-refractivity contribution in [1.29, 1.82) is 0 Å². The third-order valence-electron chi connectivity index (χ3n) is 13.1. The topological polar surface area (TPSA) is 288 Å². The molecule has 10 heterocycles. The minimum atomic E-state index is -0.167. The van der Waals surface area contributed by atoms with Crippen molar-refractivity contribution in [2.45, 2.75) is 181 Å². The van der Waals surface area contributed by atoms with Crippen LogP contribution in [0.25, 0.3) is 22.6 Å². The number of guanidine groups is 1. The van der Waals surface area contributed by atoms with E-state index in [1.165, 1.54) is 0 Å². The summed E-state index contributed by atoms with van der Waals surface area (Å²) in [7, 11) is 0. The smallest absolute Gasteiger partial charge is 0.348 e. The zero-order valence-electron chi connectivity index (χ0n) is 53.6. The molecular formula is C62H93N21O4. The van der Waals surface area contributed by atoms with Crippen molar-refractivity contribution < 1.29 is 9.59 Å². The molecule has 10 rings (SSSR count). The Morgan fingerprint density at radius 2 is 1.07 bits per heavy atom. The largest absolute Gasteiger partial charge is 0.369 e. The fourth-order valence-corrected chi connectivity index (χ4v) is 7.89. The lowest BCUT2D eigenvalue weighted by Crippen LogP contribution is -2.43. The van der Waals surface area contributed by atoms with Crippen LogP contribution in [0.3, 0.4) is 0 Å². The van der Waals surface area contributed by atoms with Gasteiger partial charge in [-0.05, 0) is 155 Å². The zero-order chi connectivity index (χ0) is 64.6. The number of nitrogens with zero attached hydrogens (tertiary/aromatic N) is 16. The molecule has 4 aliphatic rings. The average Bonchev–Trinajstić information content (AvgIpc) is 2.02.